The van der Waals surface area contributed by atoms with E-state index in [0.29, 0.717) is 11.8 Å². The average molecular weight is 166 g/mol. The largest absolute Gasteiger partial charge is 0.0996 e. The quantitative estimate of drug-likeness (QED) is 0.537. The smallest absolute Gasteiger partial charge is 0.0225 e. The second-order valence-electron chi connectivity index (χ2n) is 3.67. The molecule has 2 unspecified atom stereocenters. The summed E-state index contributed by atoms with van der Waals surface area (Å²) >= 11 is 0. The van der Waals surface area contributed by atoms with Gasteiger partial charge in [0.15, 0.2) is 0 Å². The predicted octanol–water partition coefficient (Wildman–Crippen LogP) is 4.19. The molecule has 0 heterocycles. The molecule has 0 amide bonds. The van der Waals surface area contributed by atoms with Crippen molar-refractivity contribution in [2.45, 2.75) is 40.5 Å². The third-order valence-corrected chi connectivity index (χ3v) is 2.41. The van der Waals surface area contributed by atoms with Crippen LogP contribution in [0, 0.1) is 11.8 Å². The van der Waals surface area contributed by atoms with Crippen molar-refractivity contribution < 1.29 is 0 Å². The Balaban J connectivity index is 3.83. The van der Waals surface area contributed by atoms with Crippen molar-refractivity contribution in [3.8, 4) is 0 Å². The highest BCUT2D eigenvalue weighted by Gasteiger charge is 2.06. The Labute approximate surface area is 77.4 Å². The Bertz CT molecular complexity index is 153. The highest BCUT2D eigenvalue weighted by Crippen LogP contribution is 2.20. The first-order chi connectivity index (χ1) is 5.61. The molecule has 0 radical (unpaired) electrons. The molecule has 0 saturated heterocycles. The maximum atomic E-state index is 4.11. The zero-order valence-corrected chi connectivity index (χ0v) is 8.93. The fourth-order valence-electron chi connectivity index (χ4n) is 1.30. The number of hydrogen-bond acceptors (Lipinski definition) is 0. The van der Waals surface area contributed by atoms with E-state index >= 15 is 0 Å². The Kier molecular flexibility index (Phi) is 5.79. The van der Waals surface area contributed by atoms with Crippen molar-refractivity contribution in [2.24, 2.45) is 11.8 Å². The van der Waals surface area contributed by atoms with Gasteiger partial charge in [0.05, 0.1) is 0 Å². The molecule has 0 spiro atoms. The summed E-state index contributed by atoms with van der Waals surface area (Å²) in [6.07, 6.45) is 6.71. The van der Waals surface area contributed by atoms with E-state index in [0.717, 1.165) is 6.42 Å². The van der Waals surface area contributed by atoms with Crippen LogP contribution in [0.3, 0.4) is 0 Å². The van der Waals surface area contributed by atoms with Crippen LogP contribution < -0.4 is 0 Å². The van der Waals surface area contributed by atoms with E-state index in [4.69, 9.17) is 0 Å². The maximum absolute atomic E-state index is 4.11. The van der Waals surface area contributed by atoms with Crippen molar-refractivity contribution in [1.29, 1.82) is 0 Å². The van der Waals surface area contributed by atoms with Gasteiger partial charge in [-0.2, -0.15) is 0 Å². The van der Waals surface area contributed by atoms with Crippen LogP contribution in [0.1, 0.15) is 40.5 Å². The fourth-order valence-corrected chi connectivity index (χ4v) is 1.30. The molecule has 12 heavy (non-hydrogen) atoms. The number of rotatable bonds is 5. The molecule has 2 atom stereocenters. The summed E-state index contributed by atoms with van der Waals surface area (Å²) in [6.45, 7) is 12.9. The van der Waals surface area contributed by atoms with E-state index in [1.807, 2.05) is 0 Å². The highest BCUT2D eigenvalue weighted by atomic mass is 14.1. The van der Waals surface area contributed by atoms with Gasteiger partial charge in [0.1, 0.15) is 0 Å². The van der Waals surface area contributed by atoms with Gasteiger partial charge >= 0.3 is 0 Å². The minimum Gasteiger partial charge on any atom is -0.0996 e. The first-order valence-electron chi connectivity index (χ1n) is 4.92. The van der Waals surface area contributed by atoms with Crippen LogP contribution in [0.25, 0.3) is 0 Å². The first kappa shape index (κ1) is 11.5. The van der Waals surface area contributed by atoms with E-state index in [1.54, 1.807) is 0 Å². The predicted molar refractivity (Wildman–Crippen MR) is 57.2 cm³/mol. The molecule has 0 fully saturated rings. The van der Waals surface area contributed by atoms with Crippen LogP contribution in [0.5, 0.6) is 0 Å². The van der Waals surface area contributed by atoms with E-state index in [-0.39, 0.29) is 0 Å². The van der Waals surface area contributed by atoms with Gasteiger partial charge in [0.25, 0.3) is 0 Å². The summed E-state index contributed by atoms with van der Waals surface area (Å²) in [5, 5.41) is 0. The second-order valence-corrected chi connectivity index (χ2v) is 3.67. The molecule has 0 aromatic rings. The van der Waals surface area contributed by atoms with Crippen LogP contribution in [-0.4, -0.2) is 0 Å². The standard InChI is InChI=1S/C12H22/c1-6-8-10(3)9-12(5)11(4)7-2/h6,8,10-11H,5,7,9H2,1-4H3. The first-order valence-corrected chi connectivity index (χ1v) is 4.92. The normalized spacial score (nSPS) is 16.3. The second kappa shape index (κ2) is 6.05. The molecule has 0 heteroatoms. The minimum atomic E-state index is 0.650. The van der Waals surface area contributed by atoms with E-state index in [2.05, 4.69) is 46.4 Å². The topological polar surface area (TPSA) is 0 Å². The van der Waals surface area contributed by atoms with Gasteiger partial charge < -0.3 is 0 Å². The van der Waals surface area contributed by atoms with Gasteiger partial charge in [-0.25, -0.2) is 0 Å². The van der Waals surface area contributed by atoms with Crippen LogP contribution in [-0.2, 0) is 0 Å². The Morgan fingerprint density at radius 3 is 2.42 bits per heavy atom. The van der Waals surface area contributed by atoms with Crippen LogP contribution >= 0.6 is 0 Å². The van der Waals surface area contributed by atoms with Crippen molar-refractivity contribution in [2.75, 3.05) is 0 Å². The zero-order chi connectivity index (χ0) is 9.56. The molecular weight excluding hydrogens is 144 g/mol. The molecule has 0 N–H and O–H groups in total. The molecule has 0 aliphatic rings. The molecule has 0 aromatic carbocycles. The molecule has 70 valence electrons. The number of allylic oxidation sites excluding steroid dienone is 3. The molecule has 0 saturated carbocycles. The Morgan fingerprint density at radius 1 is 1.42 bits per heavy atom. The SMILES string of the molecule is C=C(CC(C)C=CC)C(C)CC. The third-order valence-electron chi connectivity index (χ3n) is 2.41. The Hall–Kier alpha value is -0.520. The number of hydrogen-bond donors (Lipinski definition) is 0. The van der Waals surface area contributed by atoms with Gasteiger partial charge in [-0.1, -0.05) is 45.1 Å². The molecular formula is C12H22. The Morgan fingerprint density at radius 2 is 2.00 bits per heavy atom. The van der Waals surface area contributed by atoms with Gasteiger partial charge in [-0.15, -0.1) is 0 Å². The molecule has 0 aliphatic heterocycles. The zero-order valence-electron chi connectivity index (χ0n) is 8.93. The van der Waals surface area contributed by atoms with Crippen molar-refractivity contribution in [1.82, 2.24) is 0 Å². The van der Waals surface area contributed by atoms with Crippen LogP contribution in [0.15, 0.2) is 24.3 Å². The lowest BCUT2D eigenvalue weighted by atomic mass is 9.91. The monoisotopic (exact) mass is 166 g/mol. The van der Waals surface area contributed by atoms with Crippen molar-refractivity contribution >= 4 is 0 Å². The summed E-state index contributed by atoms with van der Waals surface area (Å²) in [4.78, 5) is 0. The van der Waals surface area contributed by atoms with E-state index < -0.39 is 0 Å². The lowest BCUT2D eigenvalue weighted by Gasteiger charge is -2.14. The molecule has 0 bridgehead atoms. The van der Waals surface area contributed by atoms with Gasteiger partial charge in [-0.05, 0) is 31.6 Å². The molecule has 0 aliphatic carbocycles. The summed E-state index contributed by atoms with van der Waals surface area (Å²) in [6, 6.07) is 0. The van der Waals surface area contributed by atoms with Crippen molar-refractivity contribution in [3.05, 3.63) is 24.3 Å². The van der Waals surface area contributed by atoms with Gasteiger partial charge in [0, 0.05) is 0 Å². The molecule has 0 aromatic heterocycles. The maximum Gasteiger partial charge on any atom is -0.0225 e. The van der Waals surface area contributed by atoms with Crippen molar-refractivity contribution in [3.63, 3.8) is 0 Å². The van der Waals surface area contributed by atoms with E-state index in [1.165, 1.54) is 12.0 Å². The summed E-state index contributed by atoms with van der Waals surface area (Å²) in [5.74, 6) is 1.33. The third kappa shape index (κ3) is 4.38. The van der Waals surface area contributed by atoms with Crippen LogP contribution in [0.4, 0.5) is 0 Å². The van der Waals surface area contributed by atoms with E-state index in [9.17, 15) is 0 Å². The summed E-state index contributed by atoms with van der Waals surface area (Å²) < 4.78 is 0. The summed E-state index contributed by atoms with van der Waals surface area (Å²) in [5.41, 5.74) is 1.39. The van der Waals surface area contributed by atoms with Crippen LogP contribution in [0.2, 0.25) is 0 Å². The van der Waals surface area contributed by atoms with Gasteiger partial charge in [-0.3, -0.25) is 0 Å². The average Bonchev–Trinajstić information content (AvgIpc) is 2.03. The molecule has 0 rings (SSSR count). The van der Waals surface area contributed by atoms with Gasteiger partial charge in [0.2, 0.25) is 0 Å². The minimum absolute atomic E-state index is 0.650. The lowest BCUT2D eigenvalue weighted by molar-refractivity contribution is 0.584. The molecule has 0 nitrogen and oxygen atoms in total. The summed E-state index contributed by atoms with van der Waals surface area (Å²) in [7, 11) is 0. The lowest BCUT2D eigenvalue weighted by Crippen LogP contribution is -2.00. The fraction of sp³-hybridized carbons (Fsp3) is 0.667. The highest BCUT2D eigenvalue weighted by molar-refractivity contribution is 5.02.